The van der Waals surface area contributed by atoms with Gasteiger partial charge in [0.25, 0.3) is 0 Å². The number of hydrogen-bond donors (Lipinski definition) is 1. The van der Waals surface area contributed by atoms with Crippen molar-refractivity contribution in [1.29, 1.82) is 0 Å². The highest BCUT2D eigenvalue weighted by Gasteiger charge is 1.93. The van der Waals surface area contributed by atoms with Crippen molar-refractivity contribution in [1.82, 2.24) is 9.97 Å². The second-order valence-corrected chi connectivity index (χ2v) is 3.01. The first kappa shape index (κ1) is 7.24. The fourth-order valence-electron chi connectivity index (χ4n) is 0.848. The van der Waals surface area contributed by atoms with Crippen LogP contribution in [0.3, 0.4) is 0 Å². The van der Waals surface area contributed by atoms with Crippen LogP contribution in [-0.2, 0) is 0 Å². The third-order valence-corrected chi connectivity index (χ3v) is 2.06. The van der Waals surface area contributed by atoms with Crippen molar-refractivity contribution in [2.45, 2.75) is 0 Å². The minimum absolute atomic E-state index is 0.823. The molecule has 12 heavy (non-hydrogen) atoms. The lowest BCUT2D eigenvalue weighted by molar-refractivity contribution is 1.17. The molecule has 4 heteroatoms. The molecule has 0 aliphatic carbocycles. The molecule has 2 rings (SSSR count). The normalized spacial score (nSPS) is 9.67. The summed E-state index contributed by atoms with van der Waals surface area (Å²) in [7, 11) is 0. The van der Waals surface area contributed by atoms with Gasteiger partial charge < -0.3 is 5.32 Å². The molecule has 0 unspecified atom stereocenters. The fraction of sp³-hybridized carbons (Fsp3) is 0. The van der Waals surface area contributed by atoms with Crippen LogP contribution < -0.4 is 5.32 Å². The van der Waals surface area contributed by atoms with Crippen LogP contribution in [0.5, 0.6) is 0 Å². The topological polar surface area (TPSA) is 37.8 Å². The van der Waals surface area contributed by atoms with E-state index in [2.05, 4.69) is 15.3 Å². The van der Waals surface area contributed by atoms with Crippen molar-refractivity contribution < 1.29 is 0 Å². The van der Waals surface area contributed by atoms with E-state index >= 15 is 0 Å². The van der Waals surface area contributed by atoms with Crippen LogP contribution in [0.15, 0.2) is 35.4 Å². The Balaban J connectivity index is 2.15. The van der Waals surface area contributed by atoms with Crippen LogP contribution in [0.25, 0.3) is 0 Å². The monoisotopic (exact) mass is 177 g/mol. The van der Waals surface area contributed by atoms with E-state index < -0.39 is 0 Å². The van der Waals surface area contributed by atoms with Gasteiger partial charge in [-0.3, -0.25) is 0 Å². The molecule has 60 valence electrons. The standard InChI is InChI=1S/C8H7N3S/c1-3-9-6-10-8(1)11-7-2-4-12-5-7/h1-6H,(H,9,10,11). The Bertz CT molecular complexity index is 330. The zero-order valence-corrected chi connectivity index (χ0v) is 7.08. The average molecular weight is 177 g/mol. The number of nitrogens with zero attached hydrogens (tertiary/aromatic N) is 2. The third kappa shape index (κ3) is 1.60. The Labute approximate surface area is 74.1 Å². The number of rotatable bonds is 2. The molecule has 0 aliphatic heterocycles. The van der Waals surface area contributed by atoms with Gasteiger partial charge in [0.15, 0.2) is 0 Å². The molecule has 0 aromatic carbocycles. The van der Waals surface area contributed by atoms with Crippen molar-refractivity contribution in [3.05, 3.63) is 35.4 Å². The number of thiophene rings is 1. The molecule has 0 fully saturated rings. The van der Waals surface area contributed by atoms with Gasteiger partial charge in [-0.2, -0.15) is 11.3 Å². The summed E-state index contributed by atoms with van der Waals surface area (Å²) in [6, 6.07) is 3.84. The zero-order valence-electron chi connectivity index (χ0n) is 6.27. The maximum absolute atomic E-state index is 4.04. The van der Waals surface area contributed by atoms with Gasteiger partial charge in [-0.05, 0) is 17.5 Å². The van der Waals surface area contributed by atoms with Crippen LogP contribution in [0.4, 0.5) is 11.5 Å². The number of aromatic nitrogens is 2. The zero-order chi connectivity index (χ0) is 8.23. The highest BCUT2D eigenvalue weighted by atomic mass is 32.1. The summed E-state index contributed by atoms with van der Waals surface area (Å²) in [6.45, 7) is 0. The van der Waals surface area contributed by atoms with E-state index in [0.29, 0.717) is 0 Å². The molecule has 2 aromatic heterocycles. The van der Waals surface area contributed by atoms with E-state index in [4.69, 9.17) is 0 Å². The molecule has 0 bridgehead atoms. The van der Waals surface area contributed by atoms with Crippen LogP contribution in [-0.4, -0.2) is 9.97 Å². The van der Waals surface area contributed by atoms with Crippen LogP contribution >= 0.6 is 11.3 Å². The minimum Gasteiger partial charge on any atom is -0.339 e. The van der Waals surface area contributed by atoms with Gasteiger partial charge in [-0.25, -0.2) is 9.97 Å². The predicted molar refractivity (Wildman–Crippen MR) is 49.6 cm³/mol. The molecule has 1 N–H and O–H groups in total. The molecule has 0 spiro atoms. The fourth-order valence-corrected chi connectivity index (χ4v) is 1.44. The molecule has 0 atom stereocenters. The summed E-state index contributed by atoms with van der Waals surface area (Å²) in [5, 5.41) is 7.19. The van der Waals surface area contributed by atoms with E-state index in [1.54, 1.807) is 17.5 Å². The summed E-state index contributed by atoms with van der Waals surface area (Å²) in [5.41, 5.74) is 1.07. The molecule has 3 nitrogen and oxygen atoms in total. The Morgan fingerprint density at radius 3 is 3.00 bits per heavy atom. The Kier molecular flexibility index (Phi) is 2.00. The summed E-state index contributed by atoms with van der Waals surface area (Å²) in [6.07, 6.45) is 3.23. The van der Waals surface area contributed by atoms with Crippen molar-refractivity contribution >= 4 is 22.8 Å². The van der Waals surface area contributed by atoms with Crippen molar-refractivity contribution in [3.8, 4) is 0 Å². The van der Waals surface area contributed by atoms with Crippen molar-refractivity contribution in [2.75, 3.05) is 5.32 Å². The second-order valence-electron chi connectivity index (χ2n) is 2.23. The van der Waals surface area contributed by atoms with Gasteiger partial charge in [0.2, 0.25) is 0 Å². The first-order valence-corrected chi connectivity index (χ1v) is 4.45. The number of hydrogen-bond acceptors (Lipinski definition) is 4. The summed E-state index contributed by atoms with van der Waals surface area (Å²) < 4.78 is 0. The van der Waals surface area contributed by atoms with Gasteiger partial charge in [0.1, 0.15) is 12.1 Å². The molecular weight excluding hydrogens is 170 g/mol. The molecule has 0 saturated carbocycles. The average Bonchev–Trinajstić information content (AvgIpc) is 2.59. The Morgan fingerprint density at radius 1 is 1.33 bits per heavy atom. The maximum Gasteiger partial charge on any atom is 0.133 e. The number of nitrogens with one attached hydrogen (secondary N) is 1. The largest absolute Gasteiger partial charge is 0.339 e. The van der Waals surface area contributed by atoms with E-state index in [1.807, 2.05) is 22.9 Å². The minimum atomic E-state index is 0.823. The molecule has 0 saturated heterocycles. The first-order chi connectivity index (χ1) is 5.95. The molecule has 2 aromatic rings. The summed E-state index contributed by atoms with van der Waals surface area (Å²) >= 11 is 1.65. The van der Waals surface area contributed by atoms with Gasteiger partial charge in [-0.15, -0.1) is 0 Å². The van der Waals surface area contributed by atoms with Gasteiger partial charge in [-0.1, -0.05) is 0 Å². The third-order valence-electron chi connectivity index (χ3n) is 1.38. The SMILES string of the molecule is c1cc(Nc2ccsc2)ncn1. The van der Waals surface area contributed by atoms with Crippen molar-refractivity contribution in [2.24, 2.45) is 0 Å². The van der Waals surface area contributed by atoms with E-state index in [0.717, 1.165) is 11.5 Å². The van der Waals surface area contributed by atoms with Crippen LogP contribution in [0, 0.1) is 0 Å². The Hall–Kier alpha value is -1.42. The molecular formula is C8H7N3S. The highest BCUT2D eigenvalue weighted by molar-refractivity contribution is 7.08. The van der Waals surface area contributed by atoms with E-state index in [1.165, 1.54) is 6.33 Å². The Morgan fingerprint density at radius 2 is 2.33 bits per heavy atom. The van der Waals surface area contributed by atoms with Crippen LogP contribution in [0.1, 0.15) is 0 Å². The predicted octanol–water partition coefficient (Wildman–Crippen LogP) is 2.28. The first-order valence-electron chi connectivity index (χ1n) is 3.50. The van der Waals surface area contributed by atoms with Gasteiger partial charge in [0.05, 0.1) is 5.69 Å². The smallest absolute Gasteiger partial charge is 0.133 e. The van der Waals surface area contributed by atoms with Crippen molar-refractivity contribution in [3.63, 3.8) is 0 Å². The van der Waals surface area contributed by atoms with E-state index in [-0.39, 0.29) is 0 Å². The summed E-state index contributed by atoms with van der Waals surface area (Å²) in [4.78, 5) is 7.86. The van der Waals surface area contributed by atoms with Crippen LogP contribution in [0.2, 0.25) is 0 Å². The summed E-state index contributed by atoms with van der Waals surface area (Å²) in [5.74, 6) is 0.823. The highest BCUT2D eigenvalue weighted by Crippen LogP contribution is 2.16. The molecule has 2 heterocycles. The molecule has 0 aliphatic rings. The molecule has 0 radical (unpaired) electrons. The number of anilines is 2. The van der Waals surface area contributed by atoms with E-state index in [9.17, 15) is 0 Å². The second kappa shape index (κ2) is 3.32. The quantitative estimate of drug-likeness (QED) is 0.764. The van der Waals surface area contributed by atoms with Gasteiger partial charge in [0, 0.05) is 11.6 Å². The lowest BCUT2D eigenvalue weighted by Gasteiger charge is -1.99. The molecule has 0 amide bonds. The van der Waals surface area contributed by atoms with Gasteiger partial charge >= 0.3 is 0 Å². The lowest BCUT2D eigenvalue weighted by Crippen LogP contribution is -1.90. The maximum atomic E-state index is 4.04. The lowest BCUT2D eigenvalue weighted by atomic mass is 10.5.